The number of benzene rings is 1. The van der Waals surface area contributed by atoms with Gasteiger partial charge in [-0.1, -0.05) is 23.5 Å². The van der Waals surface area contributed by atoms with E-state index in [1.54, 1.807) is 25.2 Å². The third-order valence-corrected chi connectivity index (χ3v) is 5.93. The molecule has 0 radical (unpaired) electrons. The van der Waals surface area contributed by atoms with Gasteiger partial charge in [0.15, 0.2) is 5.69 Å². The van der Waals surface area contributed by atoms with Gasteiger partial charge < -0.3 is 27.4 Å². The normalized spacial score (nSPS) is 20.5. The van der Waals surface area contributed by atoms with E-state index in [0.717, 1.165) is 11.3 Å². The minimum atomic E-state index is -1.10. The monoisotopic (exact) mass is 449 g/mol. The van der Waals surface area contributed by atoms with Crippen LogP contribution in [0.1, 0.15) is 23.3 Å². The summed E-state index contributed by atoms with van der Waals surface area (Å²) >= 11 is 1.01. The Kier molecular flexibility index (Phi) is 7.18. The van der Waals surface area contributed by atoms with E-state index in [1.807, 2.05) is 4.90 Å². The van der Waals surface area contributed by atoms with Gasteiger partial charge >= 0.3 is 0 Å². The number of carbonyl (C=O) groups excluding carboxylic acids is 1. The number of anilines is 1. The van der Waals surface area contributed by atoms with Gasteiger partial charge in [0.2, 0.25) is 0 Å². The van der Waals surface area contributed by atoms with E-state index in [1.165, 1.54) is 12.3 Å². The lowest BCUT2D eigenvalue weighted by Crippen LogP contribution is -2.40. The fourth-order valence-corrected chi connectivity index (χ4v) is 4.19. The predicted octanol–water partition coefficient (Wildman–Crippen LogP) is 1.85. The van der Waals surface area contributed by atoms with Crippen molar-refractivity contribution in [2.24, 2.45) is 16.5 Å². The highest BCUT2D eigenvalue weighted by atomic mass is 32.1. The SMILES string of the molecule is CN=C(/C(=C\N)NC(=O)c1nc(-c2ccccc2F)sc1N)N1CC[C@@H](N)[C@H](F)CC1. The molecule has 0 aliphatic carbocycles. The molecule has 1 fully saturated rings. The van der Waals surface area contributed by atoms with E-state index in [2.05, 4.69) is 15.3 Å². The van der Waals surface area contributed by atoms with Crippen molar-refractivity contribution in [1.82, 2.24) is 15.2 Å². The van der Waals surface area contributed by atoms with Gasteiger partial charge in [0.05, 0.1) is 5.70 Å². The zero-order chi connectivity index (χ0) is 22.5. The van der Waals surface area contributed by atoms with Gasteiger partial charge in [0, 0.05) is 37.9 Å². The van der Waals surface area contributed by atoms with Crippen molar-refractivity contribution in [3.05, 3.63) is 47.7 Å². The molecule has 0 spiro atoms. The number of rotatable bonds is 4. The number of aliphatic imine (C=N–C) groups is 1. The summed E-state index contributed by atoms with van der Waals surface area (Å²) in [5, 5.41) is 3.10. The Morgan fingerprint density at radius 3 is 2.74 bits per heavy atom. The molecule has 1 aliphatic heterocycles. The molecule has 1 saturated heterocycles. The minimum Gasteiger partial charge on any atom is -0.403 e. The molecule has 3 rings (SSSR count). The van der Waals surface area contributed by atoms with E-state index in [0.29, 0.717) is 30.4 Å². The number of hydrogen-bond acceptors (Lipinski definition) is 7. The summed E-state index contributed by atoms with van der Waals surface area (Å²) in [5.74, 6) is -0.666. The molecule has 2 atom stereocenters. The van der Waals surface area contributed by atoms with Crippen LogP contribution in [0, 0.1) is 5.82 Å². The highest BCUT2D eigenvalue weighted by Gasteiger charge is 2.27. The second-order valence-electron chi connectivity index (χ2n) is 7.04. The molecule has 1 aromatic heterocycles. The Bertz CT molecular complexity index is 995. The highest BCUT2D eigenvalue weighted by molar-refractivity contribution is 7.19. The number of amidine groups is 1. The van der Waals surface area contributed by atoms with Crippen LogP contribution in [0.4, 0.5) is 13.8 Å². The first kappa shape index (κ1) is 22.6. The third-order valence-electron chi connectivity index (χ3n) is 5.01. The largest absolute Gasteiger partial charge is 0.403 e. The number of alkyl halides is 1. The van der Waals surface area contributed by atoms with E-state index in [-0.39, 0.29) is 28.4 Å². The molecule has 1 aliphatic rings. The van der Waals surface area contributed by atoms with Crippen molar-refractivity contribution >= 4 is 28.1 Å². The number of nitrogen functional groups attached to an aromatic ring is 1. The molecule has 0 saturated carbocycles. The molecule has 31 heavy (non-hydrogen) atoms. The van der Waals surface area contributed by atoms with Crippen LogP contribution in [0.15, 0.2) is 41.2 Å². The zero-order valence-corrected chi connectivity index (χ0v) is 17.8. The Morgan fingerprint density at radius 2 is 2.06 bits per heavy atom. The summed E-state index contributed by atoms with van der Waals surface area (Å²) in [5.41, 5.74) is 18.0. The molecule has 0 bridgehead atoms. The topological polar surface area (TPSA) is 136 Å². The summed E-state index contributed by atoms with van der Waals surface area (Å²) in [6.45, 7) is 0.850. The Morgan fingerprint density at radius 1 is 1.35 bits per heavy atom. The summed E-state index contributed by atoms with van der Waals surface area (Å²) < 4.78 is 28.0. The van der Waals surface area contributed by atoms with E-state index in [9.17, 15) is 13.6 Å². The Hall–Kier alpha value is -3.05. The molecular weight excluding hydrogens is 424 g/mol. The molecule has 2 heterocycles. The third kappa shape index (κ3) is 5.00. The van der Waals surface area contributed by atoms with Crippen LogP contribution in [0.5, 0.6) is 0 Å². The number of hydrogen-bond donors (Lipinski definition) is 4. The number of halogens is 2. The molecule has 8 nitrogen and oxygen atoms in total. The standard InChI is InChI=1S/C20H25F2N7OS/c1-26-18(29-8-6-13(22)14(24)7-9-29)15(10-23)27-19(30)16-17(25)31-20(28-16)11-4-2-3-5-12(11)21/h2-5,10,13-14H,6-9,23-25H2,1H3,(H,27,30)/b15-10+,26-18?/t13-,14-/m1/s1. The van der Waals surface area contributed by atoms with Crippen LogP contribution in [-0.4, -0.2) is 54.0 Å². The van der Waals surface area contributed by atoms with Gasteiger partial charge in [-0.2, -0.15) is 0 Å². The number of nitrogens with two attached hydrogens (primary N) is 3. The molecular formula is C20H25F2N7OS. The van der Waals surface area contributed by atoms with Gasteiger partial charge in [0.25, 0.3) is 5.91 Å². The predicted molar refractivity (Wildman–Crippen MR) is 119 cm³/mol. The highest BCUT2D eigenvalue weighted by Crippen LogP contribution is 2.31. The van der Waals surface area contributed by atoms with Gasteiger partial charge in [-0.3, -0.25) is 9.79 Å². The van der Waals surface area contributed by atoms with Crippen molar-refractivity contribution in [2.45, 2.75) is 25.1 Å². The van der Waals surface area contributed by atoms with Gasteiger partial charge in [-0.15, -0.1) is 0 Å². The van der Waals surface area contributed by atoms with Crippen LogP contribution in [0.3, 0.4) is 0 Å². The molecule has 7 N–H and O–H groups in total. The van der Waals surface area contributed by atoms with Crippen molar-refractivity contribution in [1.29, 1.82) is 0 Å². The summed E-state index contributed by atoms with van der Waals surface area (Å²) in [6.07, 6.45) is 0.793. The van der Waals surface area contributed by atoms with Crippen molar-refractivity contribution in [3.63, 3.8) is 0 Å². The smallest absolute Gasteiger partial charge is 0.277 e. The van der Waals surface area contributed by atoms with E-state index in [4.69, 9.17) is 17.2 Å². The minimum absolute atomic E-state index is 0.0419. The van der Waals surface area contributed by atoms with Gasteiger partial charge in [-0.25, -0.2) is 13.8 Å². The summed E-state index contributed by atoms with van der Waals surface area (Å²) in [7, 11) is 1.55. The maximum atomic E-state index is 14.1. The molecule has 2 aromatic rings. The van der Waals surface area contributed by atoms with Gasteiger partial charge in [-0.05, 0) is 25.0 Å². The van der Waals surface area contributed by atoms with E-state index >= 15 is 0 Å². The number of amides is 1. The second-order valence-corrected chi connectivity index (χ2v) is 8.07. The van der Waals surface area contributed by atoms with Crippen molar-refractivity contribution < 1.29 is 13.6 Å². The van der Waals surface area contributed by atoms with Crippen LogP contribution in [0.25, 0.3) is 10.6 Å². The summed E-state index contributed by atoms with van der Waals surface area (Å²) in [6, 6.07) is 5.55. The van der Waals surface area contributed by atoms with Crippen LogP contribution in [-0.2, 0) is 0 Å². The Labute approximate surface area is 182 Å². The van der Waals surface area contributed by atoms with Crippen LogP contribution in [0.2, 0.25) is 0 Å². The summed E-state index contributed by atoms with van der Waals surface area (Å²) in [4.78, 5) is 23.1. The van der Waals surface area contributed by atoms with Crippen LogP contribution < -0.4 is 22.5 Å². The zero-order valence-electron chi connectivity index (χ0n) is 17.0. The second kappa shape index (κ2) is 9.84. The number of thiazole rings is 1. The number of nitrogens with one attached hydrogen (secondary N) is 1. The number of carbonyl (C=O) groups is 1. The number of likely N-dealkylation sites (tertiary alicyclic amines) is 1. The fraction of sp³-hybridized carbons (Fsp3) is 0.350. The van der Waals surface area contributed by atoms with Crippen LogP contribution >= 0.6 is 11.3 Å². The lowest BCUT2D eigenvalue weighted by Gasteiger charge is -2.25. The molecule has 1 aromatic carbocycles. The van der Waals surface area contributed by atoms with Gasteiger partial charge in [0.1, 0.15) is 27.8 Å². The first-order valence-corrected chi connectivity index (χ1v) is 10.5. The average Bonchev–Trinajstić information content (AvgIpc) is 3.07. The number of aromatic nitrogens is 1. The van der Waals surface area contributed by atoms with Crippen molar-refractivity contribution in [2.75, 3.05) is 25.9 Å². The number of nitrogens with zero attached hydrogens (tertiary/aromatic N) is 3. The Balaban J connectivity index is 1.79. The average molecular weight is 450 g/mol. The molecule has 11 heteroatoms. The maximum absolute atomic E-state index is 14.1. The molecule has 0 unspecified atom stereocenters. The molecule has 1 amide bonds. The molecule has 166 valence electrons. The van der Waals surface area contributed by atoms with Crippen molar-refractivity contribution in [3.8, 4) is 10.6 Å². The lowest BCUT2D eigenvalue weighted by atomic mass is 10.1. The maximum Gasteiger partial charge on any atom is 0.277 e. The quantitative estimate of drug-likeness (QED) is 0.416. The van der Waals surface area contributed by atoms with E-state index < -0.39 is 23.9 Å². The first-order chi connectivity index (χ1) is 14.8. The first-order valence-electron chi connectivity index (χ1n) is 9.71. The fourth-order valence-electron chi connectivity index (χ4n) is 3.33. The lowest BCUT2D eigenvalue weighted by molar-refractivity contribution is 0.0964.